The van der Waals surface area contributed by atoms with Crippen molar-refractivity contribution in [3.8, 4) is 17.0 Å². The summed E-state index contributed by atoms with van der Waals surface area (Å²) in [6.45, 7) is 8.51. The number of hydrogen-bond donors (Lipinski definition) is 3. The second-order valence-electron chi connectivity index (χ2n) is 10.5. The second kappa shape index (κ2) is 12.2. The quantitative estimate of drug-likeness (QED) is 0.236. The van der Waals surface area contributed by atoms with Crippen LogP contribution in [0.4, 0.5) is 28.1 Å². The van der Waals surface area contributed by atoms with Crippen molar-refractivity contribution in [3.63, 3.8) is 0 Å². The Hall–Kier alpha value is -5.01. The van der Waals surface area contributed by atoms with E-state index in [1.165, 1.54) is 19.4 Å². The molecule has 3 aromatic heterocycles. The van der Waals surface area contributed by atoms with Crippen LogP contribution in [0, 0.1) is 13.8 Å². The van der Waals surface area contributed by atoms with E-state index in [1.54, 1.807) is 29.3 Å². The van der Waals surface area contributed by atoms with Gasteiger partial charge in [0.2, 0.25) is 11.8 Å². The molecule has 1 saturated heterocycles. The summed E-state index contributed by atoms with van der Waals surface area (Å²) in [4.78, 5) is 56.1. The van der Waals surface area contributed by atoms with E-state index in [4.69, 9.17) is 26.3 Å². The van der Waals surface area contributed by atoms with E-state index in [1.807, 2.05) is 30.9 Å². The molecular formula is C31H29ClN8O4S. The summed E-state index contributed by atoms with van der Waals surface area (Å²) in [6, 6.07) is 8.44. The minimum absolute atomic E-state index is 0.202. The zero-order valence-corrected chi connectivity index (χ0v) is 26.3. The van der Waals surface area contributed by atoms with Gasteiger partial charge in [-0.2, -0.15) is 0 Å². The topological polar surface area (TPSA) is 142 Å². The molecule has 3 amide bonds. The maximum Gasteiger partial charge on any atom is 0.267 e. The fourth-order valence-corrected chi connectivity index (χ4v) is 6.35. The molecule has 1 atom stereocenters. The molecule has 1 aromatic carbocycles. The predicted molar refractivity (Wildman–Crippen MR) is 175 cm³/mol. The van der Waals surface area contributed by atoms with Crippen LogP contribution in [-0.4, -0.2) is 70.4 Å². The number of aryl methyl sites for hydroxylation is 1. The minimum atomic E-state index is -0.540. The number of amides is 3. The molecule has 0 radical (unpaired) electrons. The zero-order chi connectivity index (χ0) is 31.8. The maximum absolute atomic E-state index is 13.1. The van der Waals surface area contributed by atoms with Gasteiger partial charge >= 0.3 is 0 Å². The average Bonchev–Trinajstić information content (AvgIpc) is 3.51. The van der Waals surface area contributed by atoms with E-state index >= 15 is 0 Å². The SMILES string of the molecule is C=CC(=O)N1CCN2c3ncc(-c4ccc(OC)c(Nc5ncc(C(=O)Nc6c(C)cccc6Cl)s5)n4)c(C)c3NC(=O)C2C1. The number of rotatable bonds is 7. The van der Waals surface area contributed by atoms with Crippen LogP contribution in [0.15, 0.2) is 55.4 Å². The monoisotopic (exact) mass is 644 g/mol. The van der Waals surface area contributed by atoms with Crippen LogP contribution in [0.1, 0.15) is 20.8 Å². The molecule has 0 saturated carbocycles. The number of piperazine rings is 1. The van der Waals surface area contributed by atoms with Crippen molar-refractivity contribution < 1.29 is 19.1 Å². The number of aromatic nitrogens is 3. The van der Waals surface area contributed by atoms with E-state index < -0.39 is 6.04 Å². The number of pyridine rings is 2. The van der Waals surface area contributed by atoms with Crippen molar-refractivity contribution in [2.24, 2.45) is 0 Å². The van der Waals surface area contributed by atoms with Crippen LogP contribution < -0.4 is 25.6 Å². The Labute approximate surface area is 268 Å². The summed E-state index contributed by atoms with van der Waals surface area (Å²) in [5.74, 6) is 0.774. The number of halogens is 1. The van der Waals surface area contributed by atoms with E-state index in [-0.39, 0.29) is 24.3 Å². The number of ether oxygens (including phenoxy) is 1. The number of methoxy groups -OCH3 is 1. The first-order valence-corrected chi connectivity index (χ1v) is 15.2. The largest absolute Gasteiger partial charge is 0.493 e. The van der Waals surface area contributed by atoms with E-state index in [2.05, 4.69) is 27.5 Å². The molecule has 0 aliphatic carbocycles. The number of thiazole rings is 1. The number of hydrogen-bond acceptors (Lipinski definition) is 10. The van der Waals surface area contributed by atoms with Gasteiger partial charge in [0, 0.05) is 24.8 Å². The van der Waals surface area contributed by atoms with Gasteiger partial charge in [-0.1, -0.05) is 41.6 Å². The third kappa shape index (κ3) is 5.67. The molecule has 2 aliphatic heterocycles. The van der Waals surface area contributed by atoms with Crippen LogP contribution in [0.5, 0.6) is 5.75 Å². The predicted octanol–water partition coefficient (Wildman–Crippen LogP) is 5.03. The summed E-state index contributed by atoms with van der Waals surface area (Å²) in [5, 5.41) is 9.91. The molecule has 6 rings (SSSR count). The number of fused-ring (bicyclic) bond motifs is 3. The Kier molecular flexibility index (Phi) is 8.12. The lowest BCUT2D eigenvalue weighted by atomic mass is 10.0. The third-order valence-corrected chi connectivity index (χ3v) is 9.00. The number of para-hydroxylation sites is 1. The zero-order valence-electron chi connectivity index (χ0n) is 24.7. The Morgan fingerprint density at radius 3 is 2.76 bits per heavy atom. The van der Waals surface area contributed by atoms with Crippen LogP contribution >= 0.6 is 22.9 Å². The normalized spacial score (nSPS) is 15.5. The van der Waals surface area contributed by atoms with E-state index in [0.29, 0.717) is 68.1 Å². The van der Waals surface area contributed by atoms with Gasteiger partial charge in [0.1, 0.15) is 10.9 Å². The molecule has 1 unspecified atom stereocenters. The third-order valence-electron chi connectivity index (χ3n) is 7.78. The van der Waals surface area contributed by atoms with Gasteiger partial charge in [0.15, 0.2) is 22.5 Å². The summed E-state index contributed by atoms with van der Waals surface area (Å²) >= 11 is 7.43. The fraction of sp³-hybridized carbons (Fsp3) is 0.226. The first-order chi connectivity index (χ1) is 21.7. The molecule has 45 heavy (non-hydrogen) atoms. The van der Waals surface area contributed by atoms with Crippen LogP contribution in [-0.2, 0) is 9.59 Å². The van der Waals surface area contributed by atoms with Crippen molar-refractivity contribution in [2.75, 3.05) is 47.6 Å². The van der Waals surface area contributed by atoms with Crippen molar-refractivity contribution in [3.05, 3.63) is 76.4 Å². The Bertz CT molecular complexity index is 1840. The highest BCUT2D eigenvalue weighted by molar-refractivity contribution is 7.17. The summed E-state index contributed by atoms with van der Waals surface area (Å²) in [5.41, 5.74) is 4.10. The summed E-state index contributed by atoms with van der Waals surface area (Å²) in [7, 11) is 1.54. The highest BCUT2D eigenvalue weighted by atomic mass is 35.5. The van der Waals surface area contributed by atoms with Crippen molar-refractivity contribution in [1.82, 2.24) is 19.9 Å². The Morgan fingerprint density at radius 2 is 2.00 bits per heavy atom. The first-order valence-electron chi connectivity index (χ1n) is 14.0. The molecule has 230 valence electrons. The number of nitrogens with one attached hydrogen (secondary N) is 3. The smallest absolute Gasteiger partial charge is 0.267 e. The molecular weight excluding hydrogens is 616 g/mol. The average molecular weight is 645 g/mol. The van der Waals surface area contributed by atoms with Gasteiger partial charge in [0.05, 0.1) is 41.9 Å². The number of benzene rings is 1. The summed E-state index contributed by atoms with van der Waals surface area (Å²) < 4.78 is 5.54. The Morgan fingerprint density at radius 1 is 1.18 bits per heavy atom. The number of carbonyl (C=O) groups excluding carboxylic acids is 3. The van der Waals surface area contributed by atoms with Gasteiger partial charge in [-0.25, -0.2) is 15.0 Å². The van der Waals surface area contributed by atoms with Gasteiger partial charge < -0.3 is 30.5 Å². The summed E-state index contributed by atoms with van der Waals surface area (Å²) in [6.07, 6.45) is 4.47. The van der Waals surface area contributed by atoms with Crippen LogP contribution in [0.2, 0.25) is 5.02 Å². The lowest BCUT2D eigenvalue weighted by molar-refractivity contribution is -0.128. The number of carbonyl (C=O) groups is 3. The minimum Gasteiger partial charge on any atom is -0.493 e. The second-order valence-corrected chi connectivity index (χ2v) is 11.9. The molecule has 2 aliphatic rings. The fourth-order valence-electron chi connectivity index (χ4n) is 5.37. The van der Waals surface area contributed by atoms with Gasteiger partial charge in [-0.15, -0.1) is 0 Å². The maximum atomic E-state index is 13.1. The molecule has 4 aromatic rings. The number of nitrogens with zero attached hydrogens (tertiary/aromatic N) is 5. The van der Waals surface area contributed by atoms with Crippen LogP contribution in [0.25, 0.3) is 11.3 Å². The van der Waals surface area contributed by atoms with Gasteiger partial charge in [-0.05, 0) is 49.2 Å². The molecule has 1 fully saturated rings. The van der Waals surface area contributed by atoms with Crippen molar-refractivity contribution >= 4 is 68.8 Å². The highest BCUT2D eigenvalue weighted by Crippen LogP contribution is 2.40. The highest BCUT2D eigenvalue weighted by Gasteiger charge is 2.40. The lowest BCUT2D eigenvalue weighted by Gasteiger charge is -2.44. The molecule has 14 heteroatoms. The molecule has 12 nitrogen and oxygen atoms in total. The molecule has 0 spiro atoms. The Balaban J connectivity index is 1.25. The van der Waals surface area contributed by atoms with E-state index in [0.717, 1.165) is 22.5 Å². The molecule has 0 bridgehead atoms. The van der Waals surface area contributed by atoms with E-state index in [9.17, 15) is 14.4 Å². The standard InChI is InChI=1S/C31H29ClN8O4S/c1-5-24(41)39-11-12-40-21(15-39)29(42)37-26-17(3)18(13-33-28(26)40)20-9-10-22(44-4)27(35-20)38-31-34-14-23(45-31)30(43)36-25-16(2)7-6-8-19(25)32/h5-10,13-14,21H,1,11-12,15H2,2-4H3,(H,36,43)(H,37,42)(H,34,35,38). The van der Waals surface area contributed by atoms with Gasteiger partial charge in [0.25, 0.3) is 5.91 Å². The van der Waals surface area contributed by atoms with Crippen molar-refractivity contribution in [2.45, 2.75) is 19.9 Å². The lowest BCUT2D eigenvalue weighted by Crippen LogP contribution is -2.61. The van der Waals surface area contributed by atoms with Crippen molar-refractivity contribution in [1.29, 1.82) is 0 Å². The number of anilines is 5. The van der Waals surface area contributed by atoms with Gasteiger partial charge in [-0.3, -0.25) is 14.4 Å². The first kappa shape index (κ1) is 30.0. The van der Waals surface area contributed by atoms with Crippen LogP contribution in [0.3, 0.4) is 0 Å². The molecule has 3 N–H and O–H groups in total. The molecule has 5 heterocycles.